The van der Waals surface area contributed by atoms with Gasteiger partial charge in [0, 0.05) is 6.54 Å². The fourth-order valence-corrected chi connectivity index (χ4v) is 3.70. The zero-order valence-corrected chi connectivity index (χ0v) is 14.8. The molecule has 1 aromatic rings. The zero-order chi connectivity index (χ0) is 16.2. The molecule has 0 aromatic heterocycles. The van der Waals surface area contributed by atoms with Gasteiger partial charge in [-0.15, -0.1) is 0 Å². The van der Waals surface area contributed by atoms with Crippen LogP contribution in [0.2, 0.25) is 0 Å². The molecule has 124 valence electrons. The van der Waals surface area contributed by atoms with Gasteiger partial charge in [0.05, 0.1) is 0 Å². The van der Waals surface area contributed by atoms with Gasteiger partial charge in [-0.25, -0.2) is 0 Å². The summed E-state index contributed by atoms with van der Waals surface area (Å²) in [6.07, 6.45) is 5.21. The molecule has 2 heteroatoms. The van der Waals surface area contributed by atoms with E-state index in [0.29, 0.717) is 11.7 Å². The first-order chi connectivity index (χ1) is 10.4. The number of rotatable bonds is 6. The van der Waals surface area contributed by atoms with E-state index >= 15 is 0 Å². The van der Waals surface area contributed by atoms with E-state index in [9.17, 15) is 5.11 Å². The van der Waals surface area contributed by atoms with Crippen LogP contribution in [0.25, 0.3) is 0 Å². The van der Waals surface area contributed by atoms with E-state index in [2.05, 4.69) is 38.7 Å². The van der Waals surface area contributed by atoms with Crippen LogP contribution in [0.4, 0.5) is 0 Å². The van der Waals surface area contributed by atoms with Gasteiger partial charge >= 0.3 is 0 Å². The molecule has 1 saturated heterocycles. The van der Waals surface area contributed by atoms with E-state index in [1.54, 1.807) is 6.07 Å². The maximum absolute atomic E-state index is 9.77. The van der Waals surface area contributed by atoms with Crippen molar-refractivity contribution in [2.45, 2.75) is 58.8 Å². The fraction of sp³-hybridized carbons (Fsp3) is 0.700. The second-order valence-corrected chi connectivity index (χ2v) is 7.81. The molecule has 2 rings (SSSR count). The van der Waals surface area contributed by atoms with Crippen LogP contribution in [-0.2, 0) is 5.41 Å². The van der Waals surface area contributed by atoms with Gasteiger partial charge < -0.3 is 10.0 Å². The fourth-order valence-electron chi connectivity index (χ4n) is 3.70. The molecule has 0 spiro atoms. The highest BCUT2D eigenvalue weighted by atomic mass is 16.3. The maximum Gasteiger partial charge on any atom is 0.115 e. The van der Waals surface area contributed by atoms with Crippen LogP contribution < -0.4 is 0 Å². The van der Waals surface area contributed by atoms with Gasteiger partial charge in [0.2, 0.25) is 0 Å². The van der Waals surface area contributed by atoms with Crippen LogP contribution in [0.15, 0.2) is 24.3 Å². The predicted molar refractivity (Wildman–Crippen MR) is 94.4 cm³/mol. The second-order valence-electron chi connectivity index (χ2n) is 7.81. The molecule has 1 aromatic carbocycles. The minimum atomic E-state index is 0.188. The highest BCUT2D eigenvalue weighted by molar-refractivity contribution is 5.33. The van der Waals surface area contributed by atoms with Crippen molar-refractivity contribution in [3.8, 4) is 5.75 Å². The van der Waals surface area contributed by atoms with Crippen molar-refractivity contribution in [1.29, 1.82) is 0 Å². The molecular weight excluding hydrogens is 270 g/mol. The van der Waals surface area contributed by atoms with E-state index in [4.69, 9.17) is 0 Å². The summed E-state index contributed by atoms with van der Waals surface area (Å²) >= 11 is 0. The van der Waals surface area contributed by atoms with Gasteiger partial charge in [0.15, 0.2) is 0 Å². The number of unbranched alkanes of at least 4 members (excludes halogenated alkanes) is 1. The van der Waals surface area contributed by atoms with Gasteiger partial charge in [0.1, 0.15) is 5.75 Å². The lowest BCUT2D eigenvalue weighted by atomic mass is 9.68. The monoisotopic (exact) mass is 303 g/mol. The third-order valence-corrected chi connectivity index (χ3v) is 5.58. The number of benzene rings is 1. The van der Waals surface area contributed by atoms with Crippen LogP contribution in [0, 0.1) is 11.8 Å². The summed E-state index contributed by atoms with van der Waals surface area (Å²) in [5.74, 6) is 1.84. The van der Waals surface area contributed by atoms with E-state index in [1.165, 1.54) is 50.9 Å². The first kappa shape index (κ1) is 17.3. The predicted octanol–water partition coefficient (Wildman–Crippen LogP) is 4.82. The van der Waals surface area contributed by atoms with Crippen LogP contribution in [0.5, 0.6) is 5.75 Å². The lowest BCUT2D eigenvalue weighted by Gasteiger charge is -2.45. The molecule has 1 N–H and O–H groups in total. The minimum absolute atomic E-state index is 0.188. The van der Waals surface area contributed by atoms with Gasteiger partial charge in [0.25, 0.3) is 0 Å². The average Bonchev–Trinajstić information content (AvgIpc) is 2.47. The average molecular weight is 303 g/mol. The molecule has 22 heavy (non-hydrogen) atoms. The summed E-state index contributed by atoms with van der Waals surface area (Å²) in [5, 5.41) is 9.77. The molecule has 0 aliphatic carbocycles. The molecule has 1 aliphatic heterocycles. The van der Waals surface area contributed by atoms with E-state index < -0.39 is 0 Å². The van der Waals surface area contributed by atoms with Gasteiger partial charge in [-0.2, -0.15) is 0 Å². The largest absolute Gasteiger partial charge is 0.508 e. The molecule has 0 saturated carbocycles. The summed E-state index contributed by atoms with van der Waals surface area (Å²) in [5.41, 5.74) is 1.48. The molecule has 1 heterocycles. The van der Waals surface area contributed by atoms with Crippen LogP contribution in [0.1, 0.15) is 58.9 Å². The van der Waals surface area contributed by atoms with Crippen LogP contribution in [-0.4, -0.2) is 29.6 Å². The zero-order valence-electron chi connectivity index (χ0n) is 14.8. The molecule has 0 bridgehead atoms. The molecule has 2 atom stereocenters. The lowest BCUT2D eigenvalue weighted by molar-refractivity contribution is 0.109. The number of piperidine rings is 1. The van der Waals surface area contributed by atoms with Crippen molar-refractivity contribution in [3.63, 3.8) is 0 Å². The number of phenolic OH excluding ortho intramolecular Hbond substituents is 1. The molecule has 0 unspecified atom stereocenters. The SMILES string of the molecule is CC(C)CCCCN1CC[C@](C)(c2cccc(O)c2)[C@@H](C)C1. The Morgan fingerprint density at radius 3 is 2.73 bits per heavy atom. The number of nitrogens with zero attached hydrogens (tertiary/aromatic N) is 1. The topological polar surface area (TPSA) is 23.5 Å². The normalized spacial score (nSPS) is 26.5. The Morgan fingerprint density at radius 1 is 1.32 bits per heavy atom. The summed E-state index contributed by atoms with van der Waals surface area (Å²) in [6.45, 7) is 12.9. The molecule has 1 aliphatic rings. The number of phenols is 1. The molecule has 2 nitrogen and oxygen atoms in total. The molecular formula is C20H33NO. The van der Waals surface area contributed by atoms with Crippen molar-refractivity contribution < 1.29 is 5.11 Å². The Labute approximate surface area is 136 Å². The Balaban J connectivity index is 1.89. The molecule has 0 amide bonds. The smallest absolute Gasteiger partial charge is 0.115 e. The third kappa shape index (κ3) is 4.25. The Bertz CT molecular complexity index is 471. The standard InChI is InChI=1S/C20H33NO/c1-16(2)8-5-6-12-21-13-11-20(4,17(3)15-21)18-9-7-10-19(22)14-18/h7,9-10,14,16-17,22H,5-6,8,11-13,15H2,1-4H3/t17-,20-/m0/s1. The number of hydrogen-bond acceptors (Lipinski definition) is 2. The van der Waals surface area contributed by atoms with Crippen LogP contribution >= 0.6 is 0 Å². The van der Waals surface area contributed by atoms with Crippen molar-refractivity contribution in [2.75, 3.05) is 19.6 Å². The summed E-state index contributed by atoms with van der Waals surface area (Å²) in [7, 11) is 0. The van der Waals surface area contributed by atoms with Crippen LogP contribution in [0.3, 0.4) is 0 Å². The Morgan fingerprint density at radius 2 is 2.09 bits per heavy atom. The Kier molecular flexibility index (Phi) is 5.91. The summed E-state index contributed by atoms with van der Waals surface area (Å²) < 4.78 is 0. The lowest BCUT2D eigenvalue weighted by Crippen LogP contribution is -2.47. The first-order valence-electron chi connectivity index (χ1n) is 8.93. The third-order valence-electron chi connectivity index (χ3n) is 5.58. The summed E-state index contributed by atoms with van der Waals surface area (Å²) in [4.78, 5) is 2.63. The summed E-state index contributed by atoms with van der Waals surface area (Å²) in [6, 6.07) is 7.87. The minimum Gasteiger partial charge on any atom is -0.508 e. The van der Waals surface area contributed by atoms with Gasteiger partial charge in [-0.3, -0.25) is 0 Å². The number of hydrogen-bond donors (Lipinski definition) is 1. The number of likely N-dealkylation sites (tertiary alicyclic amines) is 1. The van der Waals surface area contributed by atoms with E-state index in [-0.39, 0.29) is 5.41 Å². The highest BCUT2D eigenvalue weighted by Gasteiger charge is 2.37. The Hall–Kier alpha value is -1.02. The molecule has 0 radical (unpaired) electrons. The molecule has 1 fully saturated rings. The van der Waals surface area contributed by atoms with E-state index in [0.717, 1.165) is 5.92 Å². The number of aromatic hydroxyl groups is 1. The van der Waals surface area contributed by atoms with Crippen molar-refractivity contribution in [2.24, 2.45) is 11.8 Å². The van der Waals surface area contributed by atoms with Crippen molar-refractivity contribution >= 4 is 0 Å². The maximum atomic E-state index is 9.77. The van der Waals surface area contributed by atoms with Crippen molar-refractivity contribution in [1.82, 2.24) is 4.90 Å². The van der Waals surface area contributed by atoms with Crippen molar-refractivity contribution in [3.05, 3.63) is 29.8 Å². The first-order valence-corrected chi connectivity index (χ1v) is 8.93. The van der Waals surface area contributed by atoms with Gasteiger partial charge in [-0.1, -0.05) is 52.7 Å². The van der Waals surface area contributed by atoms with E-state index in [1.807, 2.05) is 12.1 Å². The second kappa shape index (κ2) is 7.50. The van der Waals surface area contributed by atoms with Gasteiger partial charge in [-0.05, 0) is 60.9 Å². The quantitative estimate of drug-likeness (QED) is 0.762. The highest BCUT2D eigenvalue weighted by Crippen LogP contribution is 2.40.